The molecule has 0 saturated carbocycles. The first kappa shape index (κ1) is 15.6. The van der Waals surface area contributed by atoms with Crippen molar-refractivity contribution < 1.29 is 0 Å². The van der Waals surface area contributed by atoms with Crippen LogP contribution in [0.1, 0.15) is 0 Å². The van der Waals surface area contributed by atoms with Gasteiger partial charge in [-0.05, 0) is 28.1 Å². The van der Waals surface area contributed by atoms with Crippen LogP contribution in [0.15, 0.2) is 77.5 Å². The Morgan fingerprint density at radius 1 is 0.654 bits per heavy atom. The van der Waals surface area contributed by atoms with Crippen molar-refractivity contribution >= 4 is 47.4 Å². The maximum absolute atomic E-state index is 4.76. The first-order valence-electron chi connectivity index (χ1n) is 8.17. The summed E-state index contributed by atoms with van der Waals surface area (Å²) in [5.41, 5.74) is 2.00. The minimum Gasteiger partial charge on any atom is -0.208 e. The first-order chi connectivity index (χ1) is 12.8. The maximum Gasteiger partial charge on any atom is 0.200 e. The number of aromatic nitrogens is 3. The molecule has 0 aliphatic rings. The van der Waals surface area contributed by atoms with E-state index in [-0.39, 0.29) is 0 Å². The Morgan fingerprint density at radius 2 is 1.38 bits per heavy atom. The second kappa shape index (κ2) is 6.27. The Bertz CT molecular complexity index is 1250. The molecule has 3 nitrogen and oxygen atoms in total. The minimum absolute atomic E-state index is 0.540. The lowest BCUT2D eigenvalue weighted by molar-refractivity contribution is 1.03. The van der Waals surface area contributed by atoms with Gasteiger partial charge in [0.25, 0.3) is 0 Å². The Morgan fingerprint density at radius 3 is 2.27 bits per heavy atom. The van der Waals surface area contributed by atoms with E-state index >= 15 is 0 Å². The highest BCUT2D eigenvalue weighted by Gasteiger charge is 2.14. The highest BCUT2D eigenvalue weighted by molar-refractivity contribution is 9.10. The summed E-state index contributed by atoms with van der Waals surface area (Å²) in [6.07, 6.45) is 0. The number of nitrogens with zero attached hydrogens (tertiary/aromatic N) is 3. The summed E-state index contributed by atoms with van der Waals surface area (Å²) >= 11 is 5.24. The highest BCUT2D eigenvalue weighted by Crippen LogP contribution is 2.39. The van der Waals surface area contributed by atoms with Crippen LogP contribution < -0.4 is 0 Å². The number of halogens is 1. The monoisotopic (exact) mass is 417 g/mol. The van der Waals surface area contributed by atoms with Crippen molar-refractivity contribution in [2.75, 3.05) is 0 Å². The molecule has 0 atom stereocenters. The molecular weight excluding hydrogens is 406 g/mol. The third-order valence-electron chi connectivity index (χ3n) is 4.28. The van der Waals surface area contributed by atoms with Crippen molar-refractivity contribution in [2.45, 2.75) is 0 Å². The van der Waals surface area contributed by atoms with Crippen LogP contribution in [0.25, 0.3) is 42.9 Å². The lowest BCUT2D eigenvalue weighted by Crippen LogP contribution is -1.97. The second-order valence-corrected chi connectivity index (χ2v) is 7.69. The first-order valence-corrected chi connectivity index (χ1v) is 9.78. The quantitative estimate of drug-likeness (QED) is 0.336. The fourth-order valence-electron chi connectivity index (χ4n) is 3.15. The van der Waals surface area contributed by atoms with E-state index < -0.39 is 0 Å². The molecule has 5 heteroatoms. The zero-order chi connectivity index (χ0) is 17.5. The van der Waals surface area contributed by atoms with E-state index in [9.17, 15) is 0 Å². The Balaban J connectivity index is 1.80. The molecule has 0 unspecified atom stereocenters. The van der Waals surface area contributed by atoms with Crippen molar-refractivity contribution in [1.82, 2.24) is 15.0 Å². The van der Waals surface area contributed by atoms with Crippen LogP contribution in [0.5, 0.6) is 0 Å². The predicted octanol–water partition coefficient (Wildman–Crippen LogP) is 6.34. The number of rotatable bonds is 2. The molecular formula is C21H12BrN3S. The summed E-state index contributed by atoms with van der Waals surface area (Å²) < 4.78 is 3.05. The number of fused-ring (bicyclic) bond motifs is 3. The van der Waals surface area contributed by atoms with E-state index in [0.717, 1.165) is 11.1 Å². The van der Waals surface area contributed by atoms with Gasteiger partial charge in [-0.15, -0.1) is 11.3 Å². The van der Waals surface area contributed by atoms with Gasteiger partial charge in [0.15, 0.2) is 11.6 Å². The molecule has 0 fully saturated rings. The fraction of sp³-hybridized carbons (Fsp3) is 0. The number of hydrogen-bond acceptors (Lipinski definition) is 4. The van der Waals surface area contributed by atoms with Gasteiger partial charge in [0.05, 0.1) is 0 Å². The largest absolute Gasteiger partial charge is 0.208 e. The molecule has 3 aromatic carbocycles. The predicted molar refractivity (Wildman–Crippen MR) is 111 cm³/mol. The lowest BCUT2D eigenvalue weighted by atomic mass is 10.1. The van der Waals surface area contributed by atoms with Gasteiger partial charge >= 0.3 is 0 Å². The van der Waals surface area contributed by atoms with Gasteiger partial charge in [-0.1, -0.05) is 60.7 Å². The summed E-state index contributed by atoms with van der Waals surface area (Å²) in [5.74, 6) is 1.35. The minimum atomic E-state index is 0.540. The van der Waals surface area contributed by atoms with Gasteiger partial charge in [-0.3, -0.25) is 0 Å². The highest BCUT2D eigenvalue weighted by atomic mass is 79.9. The van der Waals surface area contributed by atoms with Crippen molar-refractivity contribution in [1.29, 1.82) is 0 Å². The molecule has 26 heavy (non-hydrogen) atoms. The number of hydrogen-bond donors (Lipinski definition) is 0. The van der Waals surface area contributed by atoms with Gasteiger partial charge in [0.1, 0.15) is 0 Å². The van der Waals surface area contributed by atoms with Gasteiger partial charge in [-0.2, -0.15) is 0 Å². The van der Waals surface area contributed by atoms with Crippen LogP contribution in [0.3, 0.4) is 0 Å². The standard InChI is InChI=1S/C21H12BrN3S/c22-21-24-19(13-7-2-1-3-8-13)23-20(25-21)15-10-6-12-17-18(15)14-9-4-5-11-16(14)26-17/h1-12H. The van der Waals surface area contributed by atoms with Gasteiger partial charge in [0.2, 0.25) is 4.73 Å². The molecule has 0 radical (unpaired) electrons. The third kappa shape index (κ3) is 2.60. The fourth-order valence-corrected chi connectivity index (χ4v) is 4.62. The van der Waals surface area contributed by atoms with E-state index in [1.165, 1.54) is 20.2 Å². The summed E-state index contributed by atoms with van der Waals surface area (Å²) in [6.45, 7) is 0. The third-order valence-corrected chi connectivity index (χ3v) is 5.77. The average Bonchev–Trinajstić information content (AvgIpc) is 3.07. The van der Waals surface area contributed by atoms with Crippen molar-refractivity contribution in [3.05, 3.63) is 77.5 Å². The molecule has 0 saturated heterocycles. The van der Waals surface area contributed by atoms with E-state index in [2.05, 4.69) is 68.4 Å². The van der Waals surface area contributed by atoms with Crippen LogP contribution in [0.4, 0.5) is 0 Å². The van der Waals surface area contributed by atoms with Crippen molar-refractivity contribution in [3.63, 3.8) is 0 Å². The van der Waals surface area contributed by atoms with Crippen LogP contribution in [0.2, 0.25) is 0 Å². The van der Waals surface area contributed by atoms with Crippen LogP contribution >= 0.6 is 27.3 Å². The summed E-state index contributed by atoms with van der Waals surface area (Å²) in [4.78, 5) is 13.8. The zero-order valence-corrected chi connectivity index (χ0v) is 16.0. The van der Waals surface area contributed by atoms with Crippen LogP contribution in [0, 0.1) is 0 Å². The van der Waals surface area contributed by atoms with E-state index in [1.807, 2.05) is 30.3 Å². The normalized spacial score (nSPS) is 11.3. The Kier molecular flexibility index (Phi) is 3.76. The van der Waals surface area contributed by atoms with E-state index in [0.29, 0.717) is 16.4 Å². The molecule has 124 valence electrons. The van der Waals surface area contributed by atoms with Gasteiger partial charge < -0.3 is 0 Å². The summed E-state index contributed by atoms with van der Waals surface area (Å²) in [5, 5.41) is 2.44. The lowest BCUT2D eigenvalue weighted by Gasteiger charge is -2.06. The van der Waals surface area contributed by atoms with Crippen molar-refractivity contribution in [3.8, 4) is 22.8 Å². The molecule has 0 aliphatic carbocycles. The summed E-state index contributed by atoms with van der Waals surface area (Å²) in [6, 6.07) is 24.7. The average molecular weight is 418 g/mol. The summed E-state index contributed by atoms with van der Waals surface area (Å²) in [7, 11) is 0. The Labute approximate surface area is 162 Å². The van der Waals surface area contributed by atoms with E-state index in [4.69, 9.17) is 4.98 Å². The molecule has 0 N–H and O–H groups in total. The molecule has 0 spiro atoms. The van der Waals surface area contributed by atoms with E-state index in [1.54, 1.807) is 11.3 Å². The SMILES string of the molecule is Brc1nc(-c2ccccc2)nc(-c2cccc3sc4ccccc4c23)n1. The zero-order valence-electron chi connectivity index (χ0n) is 13.6. The molecule has 0 bridgehead atoms. The molecule has 2 aromatic heterocycles. The topological polar surface area (TPSA) is 38.7 Å². The molecule has 2 heterocycles. The molecule has 5 aromatic rings. The van der Waals surface area contributed by atoms with Gasteiger partial charge in [-0.25, -0.2) is 15.0 Å². The van der Waals surface area contributed by atoms with Gasteiger partial charge in [0, 0.05) is 31.3 Å². The number of benzene rings is 3. The van der Waals surface area contributed by atoms with Crippen LogP contribution in [-0.4, -0.2) is 15.0 Å². The molecule has 0 aliphatic heterocycles. The Hall–Kier alpha value is -2.63. The second-order valence-electron chi connectivity index (χ2n) is 5.89. The molecule has 0 amide bonds. The molecule has 5 rings (SSSR count). The maximum atomic E-state index is 4.76. The van der Waals surface area contributed by atoms with Crippen molar-refractivity contribution in [2.24, 2.45) is 0 Å². The smallest absolute Gasteiger partial charge is 0.200 e. The van der Waals surface area contributed by atoms with Crippen LogP contribution in [-0.2, 0) is 0 Å². The number of thiophene rings is 1.